The van der Waals surface area contributed by atoms with Crippen LogP contribution in [-0.2, 0) is 4.74 Å². The Bertz CT molecular complexity index is 571. The highest BCUT2D eigenvalue weighted by atomic mass is 32.1. The van der Waals surface area contributed by atoms with Gasteiger partial charge in [0, 0.05) is 24.7 Å². The number of hydrogen-bond donors (Lipinski definition) is 1. The van der Waals surface area contributed by atoms with Gasteiger partial charge >= 0.3 is 0 Å². The molecule has 2 rings (SSSR count). The second kappa shape index (κ2) is 6.92. The van der Waals surface area contributed by atoms with Crippen molar-refractivity contribution in [3.63, 3.8) is 0 Å². The van der Waals surface area contributed by atoms with Gasteiger partial charge in [-0.05, 0) is 37.1 Å². The standard InChI is InChI=1S/C15H19FN2OS/c1-10-8-12(16)4-5-13(10)14(17-6-7-19-3)15-18-11(2)9-20-15/h4-5,8-9,14,17H,6-7H2,1-3H3. The number of benzene rings is 1. The molecular formula is C15H19FN2OS. The molecule has 0 radical (unpaired) electrons. The van der Waals surface area contributed by atoms with Crippen LogP contribution in [0.5, 0.6) is 0 Å². The lowest BCUT2D eigenvalue weighted by Crippen LogP contribution is -2.26. The summed E-state index contributed by atoms with van der Waals surface area (Å²) >= 11 is 1.62. The topological polar surface area (TPSA) is 34.1 Å². The average molecular weight is 294 g/mol. The minimum absolute atomic E-state index is 0.0237. The molecule has 0 aliphatic heterocycles. The molecule has 1 N–H and O–H groups in total. The highest BCUT2D eigenvalue weighted by Gasteiger charge is 2.19. The number of methoxy groups -OCH3 is 1. The van der Waals surface area contributed by atoms with E-state index in [4.69, 9.17) is 4.74 Å². The van der Waals surface area contributed by atoms with Crippen LogP contribution in [0.3, 0.4) is 0 Å². The zero-order valence-electron chi connectivity index (χ0n) is 11.9. The van der Waals surface area contributed by atoms with Crippen LogP contribution in [-0.4, -0.2) is 25.2 Å². The number of aryl methyl sites for hydroxylation is 2. The Kier molecular flexibility index (Phi) is 5.23. The largest absolute Gasteiger partial charge is 0.383 e. The van der Waals surface area contributed by atoms with Crippen molar-refractivity contribution < 1.29 is 9.13 Å². The average Bonchev–Trinajstić information content (AvgIpc) is 2.82. The first kappa shape index (κ1) is 15.1. The van der Waals surface area contributed by atoms with E-state index in [1.54, 1.807) is 24.5 Å². The summed E-state index contributed by atoms with van der Waals surface area (Å²) in [5, 5.41) is 6.45. The smallest absolute Gasteiger partial charge is 0.123 e. The molecule has 0 bridgehead atoms. The molecule has 0 saturated carbocycles. The fraction of sp³-hybridized carbons (Fsp3) is 0.400. The molecule has 0 saturated heterocycles. The van der Waals surface area contributed by atoms with Crippen LogP contribution in [0.15, 0.2) is 23.6 Å². The molecule has 0 fully saturated rings. The molecule has 0 spiro atoms. The van der Waals surface area contributed by atoms with Crippen LogP contribution < -0.4 is 5.32 Å². The monoisotopic (exact) mass is 294 g/mol. The summed E-state index contributed by atoms with van der Waals surface area (Å²) in [6, 6.07) is 4.85. The van der Waals surface area contributed by atoms with Gasteiger partial charge in [-0.2, -0.15) is 0 Å². The Hall–Kier alpha value is -1.30. The molecular weight excluding hydrogens is 275 g/mol. The van der Waals surface area contributed by atoms with E-state index in [1.807, 2.05) is 25.3 Å². The summed E-state index contributed by atoms with van der Waals surface area (Å²) in [7, 11) is 1.67. The number of hydrogen-bond acceptors (Lipinski definition) is 4. The minimum atomic E-state index is -0.211. The number of ether oxygens (including phenoxy) is 1. The molecule has 3 nitrogen and oxygen atoms in total. The van der Waals surface area contributed by atoms with Crippen molar-refractivity contribution >= 4 is 11.3 Å². The summed E-state index contributed by atoms with van der Waals surface area (Å²) in [6.07, 6.45) is 0. The highest BCUT2D eigenvalue weighted by molar-refractivity contribution is 7.09. The fourth-order valence-corrected chi connectivity index (χ4v) is 2.99. The van der Waals surface area contributed by atoms with Crippen LogP contribution in [0, 0.1) is 19.7 Å². The quantitative estimate of drug-likeness (QED) is 0.831. The van der Waals surface area contributed by atoms with E-state index in [0.717, 1.165) is 28.4 Å². The Morgan fingerprint density at radius 1 is 1.40 bits per heavy atom. The number of thiazole rings is 1. The second-order valence-corrected chi connectivity index (χ2v) is 5.60. The third kappa shape index (κ3) is 3.62. The SMILES string of the molecule is COCCNC(c1nc(C)cs1)c1ccc(F)cc1C. The molecule has 1 aromatic carbocycles. The molecule has 1 atom stereocenters. The highest BCUT2D eigenvalue weighted by Crippen LogP contribution is 2.27. The summed E-state index contributed by atoms with van der Waals surface area (Å²) in [6.45, 7) is 5.24. The van der Waals surface area contributed by atoms with Crippen LogP contribution in [0.4, 0.5) is 4.39 Å². The van der Waals surface area contributed by atoms with E-state index in [-0.39, 0.29) is 11.9 Å². The third-order valence-corrected chi connectivity index (χ3v) is 4.11. The molecule has 2 aromatic rings. The van der Waals surface area contributed by atoms with Gasteiger partial charge in [0.05, 0.1) is 12.6 Å². The molecule has 1 heterocycles. The van der Waals surface area contributed by atoms with Crippen molar-refractivity contribution in [3.05, 3.63) is 51.2 Å². The van der Waals surface area contributed by atoms with E-state index in [9.17, 15) is 4.39 Å². The van der Waals surface area contributed by atoms with Gasteiger partial charge in [-0.3, -0.25) is 0 Å². The van der Waals surface area contributed by atoms with E-state index >= 15 is 0 Å². The van der Waals surface area contributed by atoms with Crippen LogP contribution in [0.25, 0.3) is 0 Å². The van der Waals surface area contributed by atoms with Gasteiger partial charge in [0.25, 0.3) is 0 Å². The Morgan fingerprint density at radius 3 is 2.80 bits per heavy atom. The lowest BCUT2D eigenvalue weighted by atomic mass is 10.0. The first-order chi connectivity index (χ1) is 9.61. The number of aromatic nitrogens is 1. The molecule has 108 valence electrons. The summed E-state index contributed by atoms with van der Waals surface area (Å²) in [4.78, 5) is 4.55. The van der Waals surface area contributed by atoms with Gasteiger partial charge in [-0.15, -0.1) is 11.3 Å². The van der Waals surface area contributed by atoms with Gasteiger partial charge in [-0.25, -0.2) is 9.37 Å². The third-order valence-electron chi connectivity index (χ3n) is 3.08. The Morgan fingerprint density at radius 2 is 2.20 bits per heavy atom. The van der Waals surface area contributed by atoms with Crippen LogP contribution >= 0.6 is 11.3 Å². The van der Waals surface area contributed by atoms with Gasteiger partial charge < -0.3 is 10.1 Å². The first-order valence-corrected chi connectivity index (χ1v) is 7.40. The second-order valence-electron chi connectivity index (χ2n) is 4.71. The molecule has 0 amide bonds. The summed E-state index contributed by atoms with van der Waals surface area (Å²) in [5.41, 5.74) is 2.98. The Balaban J connectivity index is 2.30. The number of rotatable bonds is 6. The predicted octanol–water partition coefficient (Wildman–Crippen LogP) is 3.22. The molecule has 20 heavy (non-hydrogen) atoms. The van der Waals surface area contributed by atoms with Crippen LogP contribution in [0.1, 0.15) is 27.9 Å². The maximum atomic E-state index is 13.3. The lowest BCUT2D eigenvalue weighted by Gasteiger charge is -2.19. The first-order valence-electron chi connectivity index (χ1n) is 6.52. The Labute approximate surface area is 122 Å². The van der Waals surface area contributed by atoms with Gasteiger partial charge in [0.2, 0.25) is 0 Å². The van der Waals surface area contributed by atoms with Crippen LogP contribution in [0.2, 0.25) is 0 Å². The van der Waals surface area contributed by atoms with Crippen molar-refractivity contribution in [3.8, 4) is 0 Å². The molecule has 1 unspecified atom stereocenters. The summed E-state index contributed by atoms with van der Waals surface area (Å²) in [5.74, 6) is -0.211. The lowest BCUT2D eigenvalue weighted by molar-refractivity contribution is 0.197. The van der Waals surface area contributed by atoms with Crippen molar-refractivity contribution in [1.29, 1.82) is 0 Å². The zero-order chi connectivity index (χ0) is 14.5. The van der Waals surface area contributed by atoms with Gasteiger partial charge in [-0.1, -0.05) is 6.07 Å². The maximum Gasteiger partial charge on any atom is 0.123 e. The van der Waals surface area contributed by atoms with Crippen molar-refractivity contribution in [2.24, 2.45) is 0 Å². The van der Waals surface area contributed by atoms with Crippen molar-refractivity contribution in [2.45, 2.75) is 19.9 Å². The van der Waals surface area contributed by atoms with E-state index in [1.165, 1.54) is 6.07 Å². The van der Waals surface area contributed by atoms with E-state index in [2.05, 4.69) is 10.3 Å². The molecule has 0 aliphatic rings. The van der Waals surface area contributed by atoms with Gasteiger partial charge in [0.1, 0.15) is 10.8 Å². The molecule has 5 heteroatoms. The fourth-order valence-electron chi connectivity index (χ4n) is 2.10. The molecule has 1 aromatic heterocycles. The van der Waals surface area contributed by atoms with E-state index < -0.39 is 0 Å². The van der Waals surface area contributed by atoms with E-state index in [0.29, 0.717) is 6.61 Å². The predicted molar refractivity (Wildman–Crippen MR) is 79.7 cm³/mol. The number of halogens is 1. The minimum Gasteiger partial charge on any atom is -0.383 e. The zero-order valence-corrected chi connectivity index (χ0v) is 12.8. The number of nitrogens with one attached hydrogen (secondary N) is 1. The summed E-state index contributed by atoms with van der Waals surface area (Å²) < 4.78 is 18.3. The number of nitrogens with zero attached hydrogens (tertiary/aromatic N) is 1. The van der Waals surface area contributed by atoms with Crippen molar-refractivity contribution in [2.75, 3.05) is 20.3 Å². The normalized spacial score (nSPS) is 12.6. The maximum absolute atomic E-state index is 13.3. The molecule has 0 aliphatic carbocycles. The van der Waals surface area contributed by atoms with Gasteiger partial charge in [0.15, 0.2) is 0 Å². The van der Waals surface area contributed by atoms with Crippen molar-refractivity contribution in [1.82, 2.24) is 10.3 Å².